The predicted octanol–water partition coefficient (Wildman–Crippen LogP) is 2.62. The summed E-state index contributed by atoms with van der Waals surface area (Å²) in [6, 6.07) is 14.0. The SMILES string of the molecule is O=C(NCC(=O)N1CCC(Oc2ccccc2Cl)CC1)C1=NNC(c2ccccc2O)C1. The molecule has 3 N–H and O–H groups in total. The summed E-state index contributed by atoms with van der Waals surface area (Å²) in [4.78, 5) is 26.7. The number of piperidine rings is 1. The monoisotopic (exact) mass is 456 g/mol. The third kappa shape index (κ3) is 5.13. The Morgan fingerprint density at radius 3 is 2.62 bits per heavy atom. The molecule has 0 bridgehead atoms. The van der Waals surface area contributed by atoms with E-state index in [-0.39, 0.29) is 36.3 Å². The molecule has 2 heterocycles. The van der Waals surface area contributed by atoms with Gasteiger partial charge < -0.3 is 25.5 Å². The molecule has 0 spiro atoms. The molecule has 0 aliphatic carbocycles. The maximum absolute atomic E-state index is 12.5. The van der Waals surface area contributed by atoms with Gasteiger partial charge in [0.1, 0.15) is 23.3 Å². The van der Waals surface area contributed by atoms with Crippen LogP contribution in [-0.4, -0.2) is 53.3 Å². The van der Waals surface area contributed by atoms with E-state index in [4.69, 9.17) is 16.3 Å². The van der Waals surface area contributed by atoms with Crippen molar-refractivity contribution in [2.24, 2.45) is 5.10 Å². The number of para-hydroxylation sites is 2. The van der Waals surface area contributed by atoms with Gasteiger partial charge in [-0.05, 0) is 18.2 Å². The number of nitrogens with zero attached hydrogens (tertiary/aromatic N) is 2. The van der Waals surface area contributed by atoms with E-state index < -0.39 is 0 Å². The van der Waals surface area contributed by atoms with E-state index in [2.05, 4.69) is 15.8 Å². The van der Waals surface area contributed by atoms with Crippen LogP contribution in [-0.2, 0) is 9.59 Å². The lowest BCUT2D eigenvalue weighted by molar-refractivity contribution is -0.133. The number of hydrogen-bond donors (Lipinski definition) is 3. The number of aromatic hydroxyl groups is 1. The van der Waals surface area contributed by atoms with Gasteiger partial charge in [-0.3, -0.25) is 9.59 Å². The van der Waals surface area contributed by atoms with E-state index in [0.717, 1.165) is 0 Å². The molecule has 2 aromatic carbocycles. The number of halogens is 1. The summed E-state index contributed by atoms with van der Waals surface area (Å²) in [5, 5.41) is 17.3. The molecule has 2 aliphatic heterocycles. The van der Waals surface area contributed by atoms with Crippen molar-refractivity contribution < 1.29 is 19.4 Å². The lowest BCUT2D eigenvalue weighted by Gasteiger charge is -2.32. The van der Waals surface area contributed by atoms with Gasteiger partial charge in [-0.2, -0.15) is 5.10 Å². The molecule has 2 aromatic rings. The van der Waals surface area contributed by atoms with E-state index in [0.29, 0.717) is 54.4 Å². The molecule has 32 heavy (non-hydrogen) atoms. The average Bonchev–Trinajstić information content (AvgIpc) is 3.30. The molecule has 1 unspecified atom stereocenters. The van der Waals surface area contributed by atoms with Crippen LogP contribution >= 0.6 is 11.6 Å². The minimum Gasteiger partial charge on any atom is -0.508 e. The Morgan fingerprint density at radius 1 is 1.16 bits per heavy atom. The number of benzene rings is 2. The number of phenols is 1. The van der Waals surface area contributed by atoms with Crippen LogP contribution in [0.25, 0.3) is 0 Å². The maximum Gasteiger partial charge on any atom is 0.267 e. The summed E-state index contributed by atoms with van der Waals surface area (Å²) in [7, 11) is 0. The Bertz CT molecular complexity index is 1020. The first-order valence-corrected chi connectivity index (χ1v) is 11.0. The van der Waals surface area contributed by atoms with Crippen molar-refractivity contribution >= 4 is 29.1 Å². The van der Waals surface area contributed by atoms with Crippen molar-refractivity contribution in [3.8, 4) is 11.5 Å². The molecule has 1 saturated heterocycles. The average molecular weight is 457 g/mol. The number of ether oxygens (including phenoxy) is 1. The highest BCUT2D eigenvalue weighted by atomic mass is 35.5. The third-order valence-electron chi connectivity index (χ3n) is 5.65. The van der Waals surface area contributed by atoms with E-state index in [1.807, 2.05) is 24.3 Å². The van der Waals surface area contributed by atoms with E-state index in [9.17, 15) is 14.7 Å². The first-order chi connectivity index (χ1) is 15.5. The van der Waals surface area contributed by atoms with Crippen LogP contribution in [0.3, 0.4) is 0 Å². The number of hydrogen-bond acceptors (Lipinski definition) is 6. The topological polar surface area (TPSA) is 103 Å². The summed E-state index contributed by atoms with van der Waals surface area (Å²) in [6.07, 6.45) is 1.73. The molecule has 1 fully saturated rings. The highest BCUT2D eigenvalue weighted by Crippen LogP contribution is 2.29. The molecule has 0 aromatic heterocycles. The normalized spacial score (nSPS) is 18.6. The molecule has 1 atom stereocenters. The van der Waals surface area contributed by atoms with Crippen molar-refractivity contribution in [1.82, 2.24) is 15.6 Å². The van der Waals surface area contributed by atoms with Crippen molar-refractivity contribution in [3.63, 3.8) is 0 Å². The zero-order valence-corrected chi connectivity index (χ0v) is 18.2. The standard InChI is InChI=1S/C23H25ClN4O4/c24-17-6-2-4-8-21(17)32-15-9-11-28(12-10-15)22(30)14-25-23(31)19-13-18(26-27-19)16-5-1-3-7-20(16)29/h1-8,15,18,26,29H,9-14H2,(H,25,31). The van der Waals surface area contributed by atoms with Gasteiger partial charge in [0.15, 0.2) is 0 Å². The van der Waals surface area contributed by atoms with Crippen molar-refractivity contribution in [2.75, 3.05) is 19.6 Å². The lowest BCUT2D eigenvalue weighted by Crippen LogP contribution is -2.46. The van der Waals surface area contributed by atoms with Gasteiger partial charge >= 0.3 is 0 Å². The Kier molecular flexibility index (Phi) is 6.80. The second-order valence-corrected chi connectivity index (χ2v) is 8.22. The Labute approximate surface area is 191 Å². The van der Waals surface area contributed by atoms with Crippen LogP contribution in [0.2, 0.25) is 5.02 Å². The van der Waals surface area contributed by atoms with Gasteiger partial charge in [0.25, 0.3) is 5.91 Å². The van der Waals surface area contributed by atoms with Gasteiger partial charge in [-0.15, -0.1) is 0 Å². The zero-order valence-electron chi connectivity index (χ0n) is 17.5. The summed E-state index contributed by atoms with van der Waals surface area (Å²) >= 11 is 6.14. The van der Waals surface area contributed by atoms with Gasteiger partial charge in [-0.1, -0.05) is 41.9 Å². The van der Waals surface area contributed by atoms with Gasteiger partial charge in [0, 0.05) is 37.9 Å². The van der Waals surface area contributed by atoms with Crippen LogP contribution in [0.15, 0.2) is 53.6 Å². The summed E-state index contributed by atoms with van der Waals surface area (Å²) in [5.41, 5.74) is 3.85. The number of carbonyl (C=O) groups is 2. The second-order valence-electron chi connectivity index (χ2n) is 7.81. The van der Waals surface area contributed by atoms with Gasteiger partial charge in [-0.25, -0.2) is 0 Å². The summed E-state index contributed by atoms with van der Waals surface area (Å²) in [5.74, 6) is 0.275. The van der Waals surface area contributed by atoms with E-state index >= 15 is 0 Å². The number of rotatable bonds is 6. The predicted molar refractivity (Wildman–Crippen MR) is 121 cm³/mol. The lowest BCUT2D eigenvalue weighted by atomic mass is 10.0. The number of hydrazone groups is 1. The van der Waals surface area contributed by atoms with Gasteiger partial charge in [0.2, 0.25) is 5.91 Å². The largest absolute Gasteiger partial charge is 0.508 e. The number of nitrogens with one attached hydrogen (secondary N) is 2. The number of amides is 2. The fraction of sp³-hybridized carbons (Fsp3) is 0.348. The molecule has 2 aliphatic rings. The first-order valence-electron chi connectivity index (χ1n) is 10.6. The number of phenolic OH excluding ortho intramolecular Hbond substituents is 1. The molecular formula is C23H25ClN4O4. The van der Waals surface area contributed by atoms with Crippen LogP contribution in [0.4, 0.5) is 0 Å². The van der Waals surface area contributed by atoms with E-state index in [1.165, 1.54) is 0 Å². The molecule has 0 saturated carbocycles. The molecule has 9 heteroatoms. The van der Waals surface area contributed by atoms with Crippen molar-refractivity contribution in [3.05, 3.63) is 59.1 Å². The Balaban J connectivity index is 1.20. The molecular weight excluding hydrogens is 432 g/mol. The Hall–Kier alpha value is -3.26. The Morgan fingerprint density at radius 2 is 1.88 bits per heavy atom. The maximum atomic E-state index is 12.5. The zero-order chi connectivity index (χ0) is 22.5. The molecule has 0 radical (unpaired) electrons. The van der Waals surface area contributed by atoms with Crippen molar-refractivity contribution in [2.45, 2.75) is 31.4 Å². The minimum absolute atomic E-state index is 0.00112. The van der Waals surface area contributed by atoms with Crippen LogP contribution in [0, 0.1) is 0 Å². The highest BCUT2D eigenvalue weighted by Gasteiger charge is 2.28. The fourth-order valence-corrected chi connectivity index (χ4v) is 4.04. The third-order valence-corrected chi connectivity index (χ3v) is 5.96. The first kappa shape index (κ1) is 22.0. The van der Waals surface area contributed by atoms with Gasteiger partial charge in [0.05, 0.1) is 17.6 Å². The smallest absolute Gasteiger partial charge is 0.267 e. The molecule has 8 nitrogen and oxygen atoms in total. The quantitative estimate of drug-likeness (QED) is 0.620. The molecule has 4 rings (SSSR count). The molecule has 168 valence electrons. The summed E-state index contributed by atoms with van der Waals surface area (Å²) < 4.78 is 5.95. The minimum atomic E-state index is -0.388. The van der Waals surface area contributed by atoms with Crippen LogP contribution in [0.5, 0.6) is 11.5 Å². The number of carbonyl (C=O) groups excluding carboxylic acids is 2. The second kappa shape index (κ2) is 9.91. The van der Waals surface area contributed by atoms with Crippen LogP contribution in [0.1, 0.15) is 30.9 Å². The summed E-state index contributed by atoms with van der Waals surface area (Å²) in [6.45, 7) is 1.03. The number of likely N-dealkylation sites (tertiary alicyclic amines) is 1. The van der Waals surface area contributed by atoms with E-state index in [1.54, 1.807) is 29.2 Å². The van der Waals surface area contributed by atoms with Crippen molar-refractivity contribution in [1.29, 1.82) is 0 Å². The van der Waals surface area contributed by atoms with Crippen LogP contribution < -0.4 is 15.5 Å². The molecule has 2 amide bonds. The highest BCUT2D eigenvalue weighted by molar-refractivity contribution is 6.39. The fourth-order valence-electron chi connectivity index (χ4n) is 3.86.